The lowest BCUT2D eigenvalue weighted by Gasteiger charge is -2.32. The standard InChI is InChI=1S/C19H23ClF2N6/c1-11(23)8-16-17(14-6-5-12(20)9-15(14)18(21)22)26-27-19(25-16)24-13-4-3-7-28(2)10-13/h5-6,8-9,13,18,23H,3-4,7,10H2,1-2H3,(H2,24,25,27)/b16-8-,23-11?. The maximum absolute atomic E-state index is 13.5. The van der Waals surface area contributed by atoms with Crippen LogP contribution in [0, 0.1) is 5.41 Å². The Kier molecular flexibility index (Phi) is 6.41. The van der Waals surface area contributed by atoms with Crippen LogP contribution in [0.2, 0.25) is 5.02 Å². The van der Waals surface area contributed by atoms with E-state index in [0.717, 1.165) is 25.9 Å². The molecule has 0 bridgehead atoms. The number of likely N-dealkylation sites (N-methyl/N-ethyl adjacent to an activating group) is 1. The number of hydrogen-bond donors (Lipinski definition) is 3. The lowest BCUT2D eigenvalue weighted by molar-refractivity contribution is 0.151. The number of allylic oxidation sites excluding steroid dienone is 2. The van der Waals surface area contributed by atoms with Crippen LogP contribution in [0.4, 0.5) is 8.78 Å². The first-order valence-corrected chi connectivity index (χ1v) is 9.44. The Morgan fingerprint density at radius 1 is 1.43 bits per heavy atom. The molecule has 1 saturated heterocycles. The van der Waals surface area contributed by atoms with E-state index in [2.05, 4.69) is 32.8 Å². The van der Waals surface area contributed by atoms with Gasteiger partial charge in [-0.1, -0.05) is 17.7 Å². The van der Waals surface area contributed by atoms with Crippen molar-refractivity contribution in [2.45, 2.75) is 32.2 Å². The molecular formula is C19H23ClF2N6. The third-order valence-electron chi connectivity index (χ3n) is 4.59. The number of nitrogens with zero attached hydrogens (tertiary/aromatic N) is 3. The molecule has 0 amide bonds. The number of halogens is 3. The highest BCUT2D eigenvalue weighted by Crippen LogP contribution is 2.28. The van der Waals surface area contributed by atoms with Crippen molar-refractivity contribution in [1.29, 1.82) is 5.41 Å². The minimum Gasteiger partial charge on any atom is -0.350 e. The molecule has 28 heavy (non-hydrogen) atoms. The number of hydrogen-bond acceptors (Lipinski definition) is 6. The smallest absolute Gasteiger partial charge is 0.264 e. The van der Waals surface area contributed by atoms with Crippen LogP contribution in [-0.2, 0) is 0 Å². The number of nitrogens with one attached hydrogen (secondary N) is 3. The number of likely N-dealkylation sites (tertiary alicyclic amines) is 1. The minimum absolute atomic E-state index is 0.219. The number of alkyl halides is 2. The van der Waals surface area contributed by atoms with Crippen LogP contribution in [0.25, 0.3) is 0 Å². The Balaban J connectivity index is 1.94. The van der Waals surface area contributed by atoms with Gasteiger partial charge in [-0.05, 0) is 51.6 Å². The first kappa shape index (κ1) is 20.4. The van der Waals surface area contributed by atoms with Gasteiger partial charge in [-0.25, -0.2) is 8.78 Å². The predicted molar refractivity (Wildman–Crippen MR) is 109 cm³/mol. The highest BCUT2D eigenvalue weighted by Gasteiger charge is 2.25. The highest BCUT2D eigenvalue weighted by molar-refractivity contribution is 6.31. The van der Waals surface area contributed by atoms with Gasteiger partial charge in [-0.2, -0.15) is 0 Å². The van der Waals surface area contributed by atoms with Crippen molar-refractivity contribution in [1.82, 2.24) is 15.5 Å². The van der Waals surface area contributed by atoms with E-state index in [1.807, 2.05) is 0 Å². The van der Waals surface area contributed by atoms with Crippen LogP contribution in [0.5, 0.6) is 0 Å². The molecule has 1 aromatic rings. The molecule has 0 saturated carbocycles. The molecule has 0 aromatic heterocycles. The van der Waals surface area contributed by atoms with E-state index in [1.54, 1.807) is 13.0 Å². The molecule has 1 fully saturated rings. The molecule has 0 spiro atoms. The highest BCUT2D eigenvalue weighted by atomic mass is 35.5. The Morgan fingerprint density at radius 2 is 2.21 bits per heavy atom. The molecule has 3 N–H and O–H groups in total. The van der Waals surface area contributed by atoms with E-state index in [1.165, 1.54) is 18.2 Å². The average molecular weight is 409 g/mol. The fourth-order valence-electron chi connectivity index (χ4n) is 3.36. The molecular weight excluding hydrogens is 386 g/mol. The lowest BCUT2D eigenvalue weighted by Crippen LogP contribution is -2.51. The van der Waals surface area contributed by atoms with Crippen molar-refractivity contribution in [3.63, 3.8) is 0 Å². The van der Waals surface area contributed by atoms with E-state index in [0.29, 0.717) is 11.7 Å². The Labute approximate surface area is 167 Å². The van der Waals surface area contributed by atoms with E-state index in [9.17, 15) is 8.78 Å². The van der Waals surface area contributed by atoms with Gasteiger partial charge in [0.1, 0.15) is 5.71 Å². The summed E-state index contributed by atoms with van der Waals surface area (Å²) in [5, 5.41) is 22.8. The van der Waals surface area contributed by atoms with E-state index in [4.69, 9.17) is 17.0 Å². The van der Waals surface area contributed by atoms with Crippen LogP contribution >= 0.6 is 11.6 Å². The van der Waals surface area contributed by atoms with Gasteiger partial charge >= 0.3 is 0 Å². The molecule has 2 aliphatic heterocycles. The lowest BCUT2D eigenvalue weighted by atomic mass is 10.00. The third-order valence-corrected chi connectivity index (χ3v) is 4.82. The third kappa shape index (κ3) is 4.94. The molecule has 1 atom stereocenters. The second-order valence-corrected chi connectivity index (χ2v) is 7.48. The monoisotopic (exact) mass is 408 g/mol. The molecule has 2 aliphatic rings. The van der Waals surface area contributed by atoms with Crippen molar-refractivity contribution < 1.29 is 8.78 Å². The second kappa shape index (κ2) is 8.79. The van der Waals surface area contributed by atoms with Gasteiger partial charge in [0.05, 0.1) is 5.70 Å². The summed E-state index contributed by atoms with van der Waals surface area (Å²) in [5.74, 6) is 0.448. The first-order chi connectivity index (χ1) is 13.3. The zero-order valence-electron chi connectivity index (χ0n) is 15.8. The minimum atomic E-state index is -2.71. The van der Waals surface area contributed by atoms with Gasteiger partial charge in [-0.3, -0.25) is 0 Å². The average Bonchev–Trinajstić information content (AvgIpc) is 2.62. The summed E-state index contributed by atoms with van der Waals surface area (Å²) in [6.45, 7) is 3.55. The molecule has 0 aliphatic carbocycles. The number of benzene rings is 1. The van der Waals surface area contributed by atoms with Gasteiger partial charge in [-0.15, -0.1) is 10.2 Å². The van der Waals surface area contributed by atoms with Crippen LogP contribution in [0.15, 0.2) is 40.2 Å². The van der Waals surface area contributed by atoms with Crippen LogP contribution in [0.3, 0.4) is 0 Å². The van der Waals surface area contributed by atoms with Crippen molar-refractivity contribution >= 4 is 29.0 Å². The summed E-state index contributed by atoms with van der Waals surface area (Å²) in [6.07, 6.45) is 0.934. The van der Waals surface area contributed by atoms with E-state index < -0.39 is 6.43 Å². The Morgan fingerprint density at radius 3 is 2.89 bits per heavy atom. The molecule has 1 aromatic carbocycles. The topological polar surface area (TPSA) is 75.9 Å². The fourth-order valence-corrected chi connectivity index (χ4v) is 3.54. The number of rotatable bonds is 4. The normalized spacial score (nSPS) is 21.9. The summed E-state index contributed by atoms with van der Waals surface area (Å²) in [4.78, 5) is 2.24. The predicted octanol–water partition coefficient (Wildman–Crippen LogP) is 3.55. The van der Waals surface area contributed by atoms with Gasteiger partial charge in [0, 0.05) is 34.4 Å². The Bertz CT molecular complexity index is 849. The molecule has 150 valence electrons. The van der Waals surface area contributed by atoms with Gasteiger partial charge < -0.3 is 20.9 Å². The van der Waals surface area contributed by atoms with E-state index in [-0.39, 0.29) is 33.6 Å². The number of piperidine rings is 1. The van der Waals surface area contributed by atoms with Crippen molar-refractivity contribution in [2.24, 2.45) is 10.2 Å². The van der Waals surface area contributed by atoms with Gasteiger partial charge in [0.25, 0.3) is 6.43 Å². The molecule has 6 nitrogen and oxygen atoms in total. The quantitative estimate of drug-likeness (QED) is 0.667. The Hall–Kier alpha value is -2.32. The summed E-state index contributed by atoms with van der Waals surface area (Å²) in [6, 6.07) is 4.49. The van der Waals surface area contributed by atoms with Crippen molar-refractivity contribution in [3.05, 3.63) is 46.1 Å². The fraction of sp³-hybridized carbons (Fsp3) is 0.421. The van der Waals surface area contributed by atoms with Gasteiger partial charge in [0.2, 0.25) is 5.96 Å². The molecule has 3 rings (SSSR count). The summed E-state index contributed by atoms with van der Waals surface area (Å²) in [5.41, 5.74) is 0.978. The zero-order chi connectivity index (χ0) is 20.3. The van der Waals surface area contributed by atoms with Crippen molar-refractivity contribution in [2.75, 3.05) is 20.1 Å². The van der Waals surface area contributed by atoms with Crippen LogP contribution < -0.4 is 10.6 Å². The zero-order valence-corrected chi connectivity index (χ0v) is 16.5. The summed E-state index contributed by atoms with van der Waals surface area (Å²) in [7, 11) is 2.07. The number of guanidine groups is 1. The van der Waals surface area contributed by atoms with Crippen molar-refractivity contribution in [3.8, 4) is 0 Å². The largest absolute Gasteiger partial charge is 0.350 e. The summed E-state index contributed by atoms with van der Waals surface area (Å²) < 4.78 is 27.1. The maximum atomic E-state index is 13.5. The first-order valence-electron chi connectivity index (χ1n) is 9.06. The van der Waals surface area contributed by atoms with Gasteiger partial charge in [0.15, 0.2) is 0 Å². The molecule has 1 unspecified atom stereocenters. The molecule has 0 radical (unpaired) electrons. The summed E-state index contributed by atoms with van der Waals surface area (Å²) >= 11 is 5.88. The SMILES string of the molecule is CC(=N)/C=C1\NC(NC2CCCN(C)C2)=NN=C1c1ccc(Cl)cc1C(F)F. The molecule has 9 heteroatoms. The van der Waals surface area contributed by atoms with Crippen LogP contribution in [-0.4, -0.2) is 48.5 Å². The second-order valence-electron chi connectivity index (χ2n) is 7.04. The molecule has 2 heterocycles. The maximum Gasteiger partial charge on any atom is 0.264 e. The van der Waals surface area contributed by atoms with Crippen LogP contribution in [0.1, 0.15) is 37.3 Å². The van der Waals surface area contributed by atoms with E-state index >= 15 is 0 Å².